The first kappa shape index (κ1) is 24.2. The van der Waals surface area contributed by atoms with E-state index in [2.05, 4.69) is 111 Å². The van der Waals surface area contributed by atoms with E-state index in [4.69, 9.17) is 4.42 Å². The highest BCUT2D eigenvalue weighted by molar-refractivity contribution is 6.10. The number of hydrogen-bond donors (Lipinski definition) is 0. The molecule has 2 aromatic heterocycles. The van der Waals surface area contributed by atoms with E-state index in [1.165, 1.54) is 32.9 Å². The van der Waals surface area contributed by atoms with Crippen LogP contribution in [0.2, 0.25) is 0 Å². The highest BCUT2D eigenvalue weighted by atomic mass is 16.4. The highest BCUT2D eigenvalue weighted by Gasteiger charge is 2.21. The SMILES string of the molecule is CC(C)(C)c1ccc2c(c1)c1cc(C(C)(C)C)ccc1n2-c1cccc(-c2nnc(-c3ccccc3)o2)c1. The van der Waals surface area contributed by atoms with Crippen LogP contribution in [0, 0.1) is 0 Å². The Labute approximate surface area is 224 Å². The van der Waals surface area contributed by atoms with Crippen LogP contribution in [0.15, 0.2) is 95.4 Å². The van der Waals surface area contributed by atoms with E-state index in [1.54, 1.807) is 0 Å². The molecule has 0 aliphatic heterocycles. The van der Waals surface area contributed by atoms with E-state index >= 15 is 0 Å². The molecule has 0 fully saturated rings. The van der Waals surface area contributed by atoms with Gasteiger partial charge in [0.15, 0.2) is 0 Å². The number of hydrogen-bond acceptors (Lipinski definition) is 3. The van der Waals surface area contributed by atoms with Crippen LogP contribution in [0.5, 0.6) is 0 Å². The summed E-state index contributed by atoms with van der Waals surface area (Å²) in [6.45, 7) is 13.6. The first-order valence-electron chi connectivity index (χ1n) is 13.2. The summed E-state index contributed by atoms with van der Waals surface area (Å²) < 4.78 is 8.43. The number of nitrogens with zero attached hydrogens (tertiary/aromatic N) is 3. The van der Waals surface area contributed by atoms with Crippen molar-refractivity contribution in [1.82, 2.24) is 14.8 Å². The fourth-order valence-corrected chi connectivity index (χ4v) is 5.05. The zero-order valence-corrected chi connectivity index (χ0v) is 22.9. The van der Waals surface area contributed by atoms with Crippen molar-refractivity contribution in [3.8, 4) is 28.6 Å². The summed E-state index contributed by atoms with van der Waals surface area (Å²) in [4.78, 5) is 0. The average Bonchev–Trinajstić information content (AvgIpc) is 3.51. The van der Waals surface area contributed by atoms with Crippen LogP contribution in [0.3, 0.4) is 0 Å². The van der Waals surface area contributed by atoms with Crippen LogP contribution in [0.4, 0.5) is 0 Å². The number of benzene rings is 4. The van der Waals surface area contributed by atoms with Gasteiger partial charge in [-0.3, -0.25) is 0 Å². The van der Waals surface area contributed by atoms with Crippen LogP contribution in [0.25, 0.3) is 50.4 Å². The second-order valence-corrected chi connectivity index (χ2v) is 12.1. The molecule has 0 radical (unpaired) electrons. The lowest BCUT2D eigenvalue weighted by molar-refractivity contribution is 0.584. The van der Waals surface area contributed by atoms with Crippen molar-refractivity contribution >= 4 is 21.8 Å². The van der Waals surface area contributed by atoms with E-state index < -0.39 is 0 Å². The average molecular weight is 500 g/mol. The van der Waals surface area contributed by atoms with E-state index in [0.29, 0.717) is 11.8 Å². The second kappa shape index (κ2) is 8.70. The van der Waals surface area contributed by atoms with Crippen molar-refractivity contribution in [3.05, 3.63) is 102 Å². The fourth-order valence-electron chi connectivity index (χ4n) is 5.05. The topological polar surface area (TPSA) is 43.9 Å². The predicted molar refractivity (Wildman–Crippen MR) is 157 cm³/mol. The summed E-state index contributed by atoms with van der Waals surface area (Å²) in [6.07, 6.45) is 0. The van der Waals surface area contributed by atoms with Crippen molar-refractivity contribution in [2.45, 2.75) is 52.4 Å². The summed E-state index contributed by atoms with van der Waals surface area (Å²) in [5, 5.41) is 11.2. The molecular weight excluding hydrogens is 466 g/mol. The Morgan fingerprint density at radius 1 is 0.553 bits per heavy atom. The largest absolute Gasteiger partial charge is 0.416 e. The monoisotopic (exact) mass is 499 g/mol. The normalized spacial score (nSPS) is 12.5. The van der Waals surface area contributed by atoms with Gasteiger partial charge in [0, 0.05) is 27.6 Å². The minimum atomic E-state index is 0.0680. The minimum Gasteiger partial charge on any atom is -0.416 e. The third kappa shape index (κ3) is 4.20. The Hall–Kier alpha value is -4.18. The third-order valence-corrected chi connectivity index (χ3v) is 7.29. The van der Waals surface area contributed by atoms with Gasteiger partial charge in [-0.15, -0.1) is 10.2 Å². The Kier molecular flexibility index (Phi) is 5.53. The Bertz CT molecular complexity index is 1710. The summed E-state index contributed by atoms with van der Waals surface area (Å²) in [5.41, 5.74) is 8.04. The molecule has 0 saturated heterocycles. The Morgan fingerprint density at radius 2 is 1.08 bits per heavy atom. The molecule has 0 aliphatic carbocycles. The van der Waals surface area contributed by atoms with Crippen LogP contribution < -0.4 is 0 Å². The quantitative estimate of drug-likeness (QED) is 0.244. The fraction of sp³-hybridized carbons (Fsp3) is 0.235. The predicted octanol–water partition coefficient (Wildman–Crippen LogP) is 9.10. The molecule has 38 heavy (non-hydrogen) atoms. The lowest BCUT2D eigenvalue weighted by Gasteiger charge is -2.19. The third-order valence-electron chi connectivity index (χ3n) is 7.29. The maximum absolute atomic E-state index is 6.08. The number of aromatic nitrogens is 3. The van der Waals surface area contributed by atoms with Crippen LogP contribution in [-0.4, -0.2) is 14.8 Å². The van der Waals surface area contributed by atoms with E-state index in [9.17, 15) is 0 Å². The Morgan fingerprint density at radius 3 is 1.63 bits per heavy atom. The van der Waals surface area contributed by atoms with Gasteiger partial charge < -0.3 is 8.98 Å². The molecule has 0 atom stereocenters. The first-order valence-corrected chi connectivity index (χ1v) is 13.2. The lowest BCUT2D eigenvalue weighted by Crippen LogP contribution is -2.10. The molecule has 0 N–H and O–H groups in total. The van der Waals surface area contributed by atoms with Crippen molar-refractivity contribution < 1.29 is 4.42 Å². The van der Waals surface area contributed by atoms with Gasteiger partial charge in [0.05, 0.1) is 11.0 Å². The molecule has 190 valence electrons. The Balaban J connectivity index is 1.54. The van der Waals surface area contributed by atoms with Gasteiger partial charge in [-0.2, -0.15) is 0 Å². The van der Waals surface area contributed by atoms with Crippen LogP contribution in [-0.2, 0) is 10.8 Å². The first-order chi connectivity index (χ1) is 18.1. The molecule has 0 amide bonds. The summed E-state index contributed by atoms with van der Waals surface area (Å²) in [5.74, 6) is 1.03. The molecule has 4 heteroatoms. The molecule has 0 aliphatic rings. The van der Waals surface area contributed by atoms with Crippen LogP contribution in [0.1, 0.15) is 52.7 Å². The zero-order chi connectivity index (χ0) is 26.7. The summed E-state index contributed by atoms with van der Waals surface area (Å²) >= 11 is 0. The van der Waals surface area contributed by atoms with Crippen molar-refractivity contribution in [3.63, 3.8) is 0 Å². The van der Waals surface area contributed by atoms with Gasteiger partial charge in [-0.25, -0.2) is 0 Å². The van der Waals surface area contributed by atoms with Crippen molar-refractivity contribution in [2.24, 2.45) is 0 Å². The van der Waals surface area contributed by atoms with Gasteiger partial charge in [-0.1, -0.05) is 77.9 Å². The van der Waals surface area contributed by atoms with E-state index in [0.717, 1.165) is 16.8 Å². The van der Waals surface area contributed by atoms with Crippen molar-refractivity contribution in [2.75, 3.05) is 0 Å². The van der Waals surface area contributed by atoms with E-state index in [1.807, 2.05) is 36.4 Å². The second-order valence-electron chi connectivity index (χ2n) is 12.1. The number of rotatable bonds is 3. The number of fused-ring (bicyclic) bond motifs is 3. The van der Waals surface area contributed by atoms with Gasteiger partial charge in [0.25, 0.3) is 0 Å². The molecule has 4 aromatic carbocycles. The molecule has 0 bridgehead atoms. The standard InChI is InChI=1S/C34H33N3O/c1-33(2,3)24-15-17-29-27(20-24)28-21-25(34(4,5)6)16-18-30(28)37(29)26-14-10-13-23(19-26)32-36-35-31(38-32)22-11-8-7-9-12-22/h7-21H,1-6H3. The van der Waals surface area contributed by atoms with Gasteiger partial charge >= 0.3 is 0 Å². The zero-order valence-electron chi connectivity index (χ0n) is 22.9. The molecule has 0 saturated carbocycles. The molecule has 0 unspecified atom stereocenters. The maximum atomic E-state index is 6.08. The molecule has 4 nitrogen and oxygen atoms in total. The summed E-state index contributed by atoms with van der Waals surface area (Å²) in [7, 11) is 0. The van der Waals surface area contributed by atoms with Gasteiger partial charge in [-0.05, 0) is 76.6 Å². The molecular formula is C34H33N3O. The van der Waals surface area contributed by atoms with Crippen LogP contribution >= 0.6 is 0 Å². The summed E-state index contributed by atoms with van der Waals surface area (Å²) in [6, 6.07) is 32.0. The molecule has 6 rings (SSSR count). The lowest BCUT2D eigenvalue weighted by atomic mass is 9.85. The molecule has 0 spiro atoms. The molecule has 6 aromatic rings. The van der Waals surface area contributed by atoms with E-state index in [-0.39, 0.29) is 10.8 Å². The highest BCUT2D eigenvalue weighted by Crippen LogP contribution is 2.38. The van der Waals surface area contributed by atoms with Gasteiger partial charge in [0.1, 0.15) is 0 Å². The van der Waals surface area contributed by atoms with Crippen molar-refractivity contribution in [1.29, 1.82) is 0 Å². The minimum absolute atomic E-state index is 0.0680. The van der Waals surface area contributed by atoms with Gasteiger partial charge in [0.2, 0.25) is 11.8 Å². The maximum Gasteiger partial charge on any atom is 0.248 e. The smallest absolute Gasteiger partial charge is 0.248 e. The molecule has 2 heterocycles.